The van der Waals surface area contributed by atoms with E-state index in [0.717, 1.165) is 30.2 Å². The monoisotopic (exact) mass is 363 g/mol. The van der Waals surface area contributed by atoms with Crippen LogP contribution in [0.4, 0.5) is 0 Å². The van der Waals surface area contributed by atoms with E-state index in [9.17, 15) is 4.79 Å². The zero-order chi connectivity index (χ0) is 14.0. The Morgan fingerprint density at radius 3 is 2.68 bits per heavy atom. The van der Waals surface area contributed by atoms with Crippen molar-refractivity contribution in [2.75, 3.05) is 7.05 Å². The van der Waals surface area contributed by atoms with Gasteiger partial charge >= 0.3 is 0 Å². The molecule has 19 heavy (non-hydrogen) atoms. The minimum absolute atomic E-state index is 0.0388. The lowest BCUT2D eigenvalue weighted by Gasteiger charge is -2.35. The van der Waals surface area contributed by atoms with E-state index >= 15 is 0 Å². The van der Waals surface area contributed by atoms with Gasteiger partial charge in [0.2, 0.25) is 0 Å². The summed E-state index contributed by atoms with van der Waals surface area (Å²) in [6.07, 6.45) is 4.20. The summed E-state index contributed by atoms with van der Waals surface area (Å²) >= 11 is 15.8. The van der Waals surface area contributed by atoms with Gasteiger partial charge in [0, 0.05) is 17.6 Å². The Labute approximate surface area is 132 Å². The van der Waals surface area contributed by atoms with Crippen LogP contribution in [-0.2, 0) is 0 Å². The summed E-state index contributed by atoms with van der Waals surface area (Å²) in [5, 5.41) is 0.505. The molecule has 2 atom stereocenters. The maximum absolute atomic E-state index is 12.5. The maximum atomic E-state index is 12.5. The van der Waals surface area contributed by atoms with Crippen LogP contribution in [0.1, 0.15) is 36.0 Å². The van der Waals surface area contributed by atoms with Crippen LogP contribution < -0.4 is 0 Å². The fraction of sp³-hybridized carbons (Fsp3) is 0.500. The Hall–Kier alpha value is -0.250. The molecule has 1 aromatic rings. The van der Waals surface area contributed by atoms with Crippen molar-refractivity contribution in [3.63, 3.8) is 0 Å². The number of hydrogen-bond acceptors (Lipinski definition) is 1. The summed E-state index contributed by atoms with van der Waals surface area (Å²) in [6.45, 7) is 0. The first-order valence-corrected chi connectivity index (χ1v) is 7.97. The number of halogens is 3. The van der Waals surface area contributed by atoms with Crippen molar-refractivity contribution in [3.05, 3.63) is 33.3 Å². The smallest absolute Gasteiger partial charge is 0.255 e. The predicted octanol–water partition coefficient (Wildman–Crippen LogP) is 4.72. The van der Waals surface area contributed by atoms with E-state index in [2.05, 4.69) is 15.9 Å². The summed E-state index contributed by atoms with van der Waals surface area (Å²) in [5.41, 5.74) is 0.529. The van der Waals surface area contributed by atoms with Crippen molar-refractivity contribution in [2.24, 2.45) is 0 Å². The molecule has 1 aromatic carbocycles. The highest BCUT2D eigenvalue weighted by molar-refractivity contribution is 9.10. The van der Waals surface area contributed by atoms with E-state index in [0.29, 0.717) is 10.6 Å². The van der Waals surface area contributed by atoms with Gasteiger partial charge in [0.05, 0.1) is 16.0 Å². The molecule has 1 amide bonds. The van der Waals surface area contributed by atoms with E-state index in [1.54, 1.807) is 17.0 Å². The normalized spacial score (nSPS) is 23.2. The van der Waals surface area contributed by atoms with Crippen LogP contribution in [0.3, 0.4) is 0 Å². The molecule has 1 aliphatic carbocycles. The Morgan fingerprint density at radius 1 is 1.37 bits per heavy atom. The van der Waals surface area contributed by atoms with Crippen LogP contribution in [0.25, 0.3) is 0 Å². The molecule has 0 radical (unpaired) electrons. The molecule has 1 aliphatic rings. The molecular formula is C14H16BrCl2NO. The predicted molar refractivity (Wildman–Crippen MR) is 83.1 cm³/mol. The van der Waals surface area contributed by atoms with Gasteiger partial charge < -0.3 is 4.90 Å². The molecule has 2 nitrogen and oxygen atoms in total. The molecule has 0 aromatic heterocycles. The van der Waals surface area contributed by atoms with Gasteiger partial charge in [-0.15, -0.1) is 11.6 Å². The quantitative estimate of drug-likeness (QED) is 0.695. The first kappa shape index (κ1) is 15.1. The molecule has 0 heterocycles. The first-order chi connectivity index (χ1) is 9.00. The Bertz CT molecular complexity index is 481. The Balaban J connectivity index is 2.18. The van der Waals surface area contributed by atoms with Gasteiger partial charge in [-0.3, -0.25) is 4.79 Å². The molecule has 0 saturated heterocycles. The second kappa shape index (κ2) is 6.47. The van der Waals surface area contributed by atoms with Crippen LogP contribution in [0.2, 0.25) is 5.02 Å². The third-order valence-corrected chi connectivity index (χ3v) is 4.94. The number of amides is 1. The SMILES string of the molecule is CN(C(=O)c1ccc(Br)cc1Cl)C1CCCCC1Cl. The highest BCUT2D eigenvalue weighted by Crippen LogP contribution is 2.29. The molecule has 5 heteroatoms. The molecule has 104 valence electrons. The Kier molecular flexibility index (Phi) is 5.15. The number of carbonyl (C=O) groups is 1. The van der Waals surface area contributed by atoms with E-state index in [1.807, 2.05) is 13.1 Å². The lowest BCUT2D eigenvalue weighted by molar-refractivity contribution is 0.0700. The fourth-order valence-electron chi connectivity index (χ4n) is 2.51. The topological polar surface area (TPSA) is 20.3 Å². The second-order valence-corrected chi connectivity index (χ2v) is 6.79. The maximum Gasteiger partial charge on any atom is 0.255 e. The van der Waals surface area contributed by atoms with Crippen LogP contribution in [0.5, 0.6) is 0 Å². The van der Waals surface area contributed by atoms with Crippen molar-refractivity contribution in [2.45, 2.75) is 37.1 Å². The number of hydrogen-bond donors (Lipinski definition) is 0. The molecule has 1 saturated carbocycles. The third-order valence-electron chi connectivity index (χ3n) is 3.63. The van der Waals surface area contributed by atoms with Crippen molar-refractivity contribution >= 4 is 45.0 Å². The largest absolute Gasteiger partial charge is 0.337 e. The van der Waals surface area contributed by atoms with Crippen molar-refractivity contribution in [3.8, 4) is 0 Å². The first-order valence-electron chi connectivity index (χ1n) is 6.37. The third kappa shape index (κ3) is 3.45. The zero-order valence-corrected chi connectivity index (χ0v) is 13.8. The van der Waals surface area contributed by atoms with Gasteiger partial charge in [0.15, 0.2) is 0 Å². The molecule has 1 fully saturated rings. The van der Waals surface area contributed by atoms with Gasteiger partial charge in [0.1, 0.15) is 0 Å². The minimum atomic E-state index is -0.0601. The zero-order valence-electron chi connectivity index (χ0n) is 10.7. The lowest BCUT2D eigenvalue weighted by atomic mass is 9.93. The van der Waals surface area contributed by atoms with Gasteiger partial charge in [-0.1, -0.05) is 40.4 Å². The van der Waals surface area contributed by atoms with Gasteiger partial charge in [0.25, 0.3) is 5.91 Å². The summed E-state index contributed by atoms with van der Waals surface area (Å²) < 4.78 is 0.865. The van der Waals surface area contributed by atoms with Gasteiger partial charge in [-0.05, 0) is 31.0 Å². The number of nitrogens with zero attached hydrogens (tertiary/aromatic N) is 1. The summed E-state index contributed by atoms with van der Waals surface area (Å²) in [5.74, 6) is -0.0601. The summed E-state index contributed by atoms with van der Waals surface area (Å²) in [4.78, 5) is 14.2. The number of alkyl halides is 1. The van der Waals surface area contributed by atoms with Crippen LogP contribution in [0, 0.1) is 0 Å². The molecular weight excluding hydrogens is 349 g/mol. The fourth-order valence-corrected chi connectivity index (χ4v) is 3.71. The van der Waals surface area contributed by atoms with Crippen molar-refractivity contribution in [1.82, 2.24) is 4.90 Å². The summed E-state index contributed by atoms with van der Waals surface area (Å²) in [6, 6.07) is 5.41. The molecule has 0 aliphatic heterocycles. The average molecular weight is 365 g/mol. The lowest BCUT2D eigenvalue weighted by Crippen LogP contribution is -2.44. The molecule has 0 N–H and O–H groups in total. The van der Waals surface area contributed by atoms with Crippen molar-refractivity contribution < 1.29 is 4.79 Å². The standard InChI is InChI=1S/C14H16BrCl2NO/c1-18(13-5-3-2-4-11(13)16)14(19)10-7-6-9(15)8-12(10)17/h6-8,11,13H,2-5H2,1H3. The number of rotatable bonds is 2. The molecule has 0 spiro atoms. The number of benzene rings is 1. The molecule has 0 bridgehead atoms. The van der Waals surface area contributed by atoms with E-state index < -0.39 is 0 Å². The molecule has 2 unspecified atom stereocenters. The second-order valence-electron chi connectivity index (χ2n) is 4.91. The van der Waals surface area contributed by atoms with Gasteiger partial charge in [-0.25, -0.2) is 0 Å². The number of carbonyl (C=O) groups excluding carboxylic acids is 1. The average Bonchev–Trinajstić information content (AvgIpc) is 2.38. The van der Waals surface area contributed by atoms with Crippen LogP contribution >= 0.6 is 39.1 Å². The van der Waals surface area contributed by atoms with Gasteiger partial charge in [-0.2, -0.15) is 0 Å². The van der Waals surface area contributed by atoms with E-state index in [4.69, 9.17) is 23.2 Å². The Morgan fingerprint density at radius 2 is 2.05 bits per heavy atom. The minimum Gasteiger partial charge on any atom is -0.337 e. The van der Waals surface area contributed by atoms with Crippen molar-refractivity contribution in [1.29, 1.82) is 0 Å². The van der Waals surface area contributed by atoms with E-state index in [-0.39, 0.29) is 17.3 Å². The van der Waals surface area contributed by atoms with Crippen LogP contribution in [0.15, 0.2) is 22.7 Å². The van der Waals surface area contributed by atoms with Crippen LogP contribution in [-0.4, -0.2) is 29.3 Å². The molecule has 2 rings (SSSR count). The highest BCUT2D eigenvalue weighted by atomic mass is 79.9. The highest BCUT2D eigenvalue weighted by Gasteiger charge is 2.30. The van der Waals surface area contributed by atoms with E-state index in [1.165, 1.54) is 0 Å². The summed E-state index contributed by atoms with van der Waals surface area (Å²) in [7, 11) is 1.81.